The van der Waals surface area contributed by atoms with E-state index in [1.807, 2.05) is 0 Å². The van der Waals surface area contributed by atoms with Crippen LogP contribution < -0.4 is 31.1 Å². The molecule has 416 valence electrons. The third kappa shape index (κ3) is 14.1. The lowest BCUT2D eigenvalue weighted by molar-refractivity contribution is 0.122. The van der Waals surface area contributed by atoms with Gasteiger partial charge in [0.05, 0.1) is 47.6 Å². The summed E-state index contributed by atoms with van der Waals surface area (Å²) in [6.45, 7) is 2.02. The van der Waals surface area contributed by atoms with Crippen molar-refractivity contribution in [2.24, 2.45) is 0 Å². The molecule has 0 unspecified atom stereocenters. The molecule has 2 fully saturated rings. The monoisotopic (exact) mass is 1200 g/mol. The molecule has 0 radical (unpaired) electrons. The Balaban J connectivity index is 1.10. The Morgan fingerprint density at radius 2 is 0.705 bits per heavy atom. The number of benzene rings is 4. The maximum atomic E-state index is 12.9. The fourth-order valence-corrected chi connectivity index (χ4v) is 11.3. The standard InChI is InChI=1S/C40H40N12O20S6/c53-73(54,55)27-7-9-29(33(21-27)77(65,66)67)43-37-45-35(47-39(49-37)51-11-15-71-16-12-51)41-25-5-3-23(31(19-25)75(59,60)61)1-2-24-4-6-26(20-32(24)76(62,63)64)42-36-46-38(50-40(48-36)52-13-17-72-18-14-52)44-30-10-8-28(74(56,57)58)22-34(30)78(68,69)70/h1-10,19-22H,11-18H2,(H,53,54,55)(H,56,57,58)(H,59,60,61)(H,62,63,64)(H,65,66,67)(H,68,69,70)(H2,41,43,45,47,49)(H2,42,44,46,48,50)/b2-1+. The van der Waals surface area contributed by atoms with Gasteiger partial charge in [0.2, 0.25) is 35.7 Å². The van der Waals surface area contributed by atoms with Gasteiger partial charge in [-0.1, -0.05) is 24.3 Å². The molecule has 10 N–H and O–H groups in total. The van der Waals surface area contributed by atoms with Crippen LogP contribution in [0.1, 0.15) is 11.1 Å². The number of nitrogens with one attached hydrogen (secondary N) is 4. The molecule has 6 aromatic rings. The summed E-state index contributed by atoms with van der Waals surface area (Å²) in [5.74, 6) is -1.46. The Bertz CT molecular complexity index is 3830. The average molecular weight is 1200 g/mol. The third-order valence-corrected chi connectivity index (χ3v) is 16.2. The predicted octanol–water partition coefficient (Wildman–Crippen LogP) is 2.35. The first kappa shape index (κ1) is 57.0. The van der Waals surface area contributed by atoms with Crippen molar-refractivity contribution < 1.29 is 87.3 Å². The van der Waals surface area contributed by atoms with Gasteiger partial charge < -0.3 is 40.5 Å². The molecule has 0 atom stereocenters. The van der Waals surface area contributed by atoms with Crippen LogP contribution in [0.4, 0.5) is 58.4 Å². The Kier molecular flexibility index (Phi) is 16.0. The van der Waals surface area contributed by atoms with Gasteiger partial charge in [0.15, 0.2) is 0 Å². The maximum Gasteiger partial charge on any atom is 0.296 e. The van der Waals surface area contributed by atoms with Gasteiger partial charge in [0, 0.05) is 37.6 Å². The summed E-state index contributed by atoms with van der Waals surface area (Å²) in [4.78, 5) is 23.8. The summed E-state index contributed by atoms with van der Waals surface area (Å²) >= 11 is 0. The quantitative estimate of drug-likeness (QED) is 0.0436. The normalized spacial score (nSPS) is 15.1. The van der Waals surface area contributed by atoms with E-state index in [0.717, 1.165) is 48.6 Å². The number of nitrogens with zero attached hydrogens (tertiary/aromatic N) is 8. The van der Waals surface area contributed by atoms with Crippen LogP contribution in [-0.2, 0) is 70.2 Å². The van der Waals surface area contributed by atoms with Crippen LogP contribution in [0.5, 0.6) is 0 Å². The van der Waals surface area contributed by atoms with Gasteiger partial charge in [-0.3, -0.25) is 27.3 Å². The lowest BCUT2D eigenvalue weighted by Crippen LogP contribution is -2.37. The van der Waals surface area contributed by atoms with Crippen molar-refractivity contribution in [3.05, 3.63) is 83.9 Å². The summed E-state index contributed by atoms with van der Waals surface area (Å²) in [7, 11) is -30.4. The van der Waals surface area contributed by atoms with E-state index in [1.54, 1.807) is 9.80 Å². The number of rotatable bonds is 18. The Hall–Kier alpha value is -7.18. The summed E-state index contributed by atoms with van der Waals surface area (Å²) in [6.07, 6.45) is 2.18. The molecule has 4 aromatic carbocycles. The van der Waals surface area contributed by atoms with Gasteiger partial charge in [0.1, 0.15) is 19.6 Å². The molecular weight excluding hydrogens is 1160 g/mol. The molecule has 78 heavy (non-hydrogen) atoms. The van der Waals surface area contributed by atoms with E-state index < -0.39 is 113 Å². The lowest BCUT2D eigenvalue weighted by atomic mass is 10.1. The molecule has 32 nitrogen and oxygen atoms in total. The SMILES string of the molecule is O=S(=O)(O)c1ccc(Nc2nc(Nc3ccc(/C=C/c4ccc(Nc5nc(Nc6ccc(S(=O)(=O)O)cc6S(=O)(=O)O)nc(N6CCOCC6)n5)cc4S(=O)(=O)O)c(S(=O)(=O)O)c3)nc(N3CCOCC3)n2)c(S(=O)(=O)O)c1. The second-order valence-corrected chi connectivity index (χ2v) is 24.7. The van der Waals surface area contributed by atoms with Gasteiger partial charge >= 0.3 is 0 Å². The maximum absolute atomic E-state index is 12.9. The van der Waals surface area contributed by atoms with Gasteiger partial charge in [-0.2, -0.15) is 80.4 Å². The Morgan fingerprint density at radius 1 is 0.385 bits per heavy atom. The van der Waals surface area contributed by atoms with Crippen molar-refractivity contribution in [2.75, 3.05) is 83.7 Å². The zero-order chi connectivity index (χ0) is 56.6. The van der Waals surface area contributed by atoms with Gasteiger partial charge in [-0.05, 0) is 71.8 Å². The molecule has 2 aliphatic heterocycles. The van der Waals surface area contributed by atoms with E-state index in [1.165, 1.54) is 24.3 Å². The van der Waals surface area contributed by atoms with Crippen LogP contribution in [-0.4, -0.2) is 160 Å². The predicted molar refractivity (Wildman–Crippen MR) is 272 cm³/mol. The van der Waals surface area contributed by atoms with E-state index in [4.69, 9.17) is 9.47 Å². The fraction of sp³-hybridized carbons (Fsp3) is 0.200. The number of hydrogen-bond donors (Lipinski definition) is 10. The van der Waals surface area contributed by atoms with Crippen LogP contribution in [0.25, 0.3) is 12.2 Å². The molecule has 2 aliphatic rings. The summed E-state index contributed by atoms with van der Waals surface area (Å²) in [6, 6.07) is 11.3. The van der Waals surface area contributed by atoms with Crippen LogP contribution in [0, 0.1) is 0 Å². The van der Waals surface area contributed by atoms with Gasteiger partial charge in [-0.25, -0.2) is 0 Å². The second-order valence-electron chi connectivity index (χ2n) is 16.3. The fourth-order valence-electron chi connectivity index (χ4n) is 7.35. The van der Waals surface area contributed by atoms with E-state index in [9.17, 15) is 77.8 Å². The topological polar surface area (TPSA) is 477 Å². The molecule has 4 heterocycles. The molecule has 0 saturated carbocycles. The highest BCUT2D eigenvalue weighted by atomic mass is 32.2. The van der Waals surface area contributed by atoms with Crippen molar-refractivity contribution in [3.63, 3.8) is 0 Å². The zero-order valence-electron chi connectivity index (χ0n) is 39.2. The van der Waals surface area contributed by atoms with Crippen molar-refractivity contribution in [3.8, 4) is 0 Å². The zero-order valence-corrected chi connectivity index (χ0v) is 44.1. The van der Waals surface area contributed by atoms with E-state index in [2.05, 4.69) is 51.2 Å². The van der Waals surface area contributed by atoms with Gasteiger partial charge in [-0.15, -0.1) is 0 Å². The lowest BCUT2D eigenvalue weighted by Gasteiger charge is -2.27. The van der Waals surface area contributed by atoms with Crippen molar-refractivity contribution in [2.45, 2.75) is 29.4 Å². The van der Waals surface area contributed by atoms with E-state index in [-0.39, 0.29) is 98.9 Å². The molecule has 0 bridgehead atoms. The molecule has 2 saturated heterocycles. The number of hydrogen-bond acceptors (Lipinski definition) is 26. The van der Waals surface area contributed by atoms with E-state index >= 15 is 0 Å². The molecular formula is C40H40N12O20S6. The summed E-state index contributed by atoms with van der Waals surface area (Å²) in [5, 5.41) is 10.6. The number of anilines is 10. The van der Waals surface area contributed by atoms with Crippen molar-refractivity contribution in [1.82, 2.24) is 29.9 Å². The molecule has 0 amide bonds. The highest BCUT2D eigenvalue weighted by molar-refractivity contribution is 7.87. The average Bonchev–Trinajstić information content (AvgIpc) is 3.45. The first-order valence-electron chi connectivity index (χ1n) is 21.7. The minimum absolute atomic E-state index is 0.0273. The number of ether oxygens (including phenoxy) is 2. The Morgan fingerprint density at radius 3 is 1.01 bits per heavy atom. The molecule has 0 spiro atoms. The highest BCUT2D eigenvalue weighted by Crippen LogP contribution is 2.33. The highest BCUT2D eigenvalue weighted by Gasteiger charge is 2.26. The summed E-state index contributed by atoms with van der Waals surface area (Å²) in [5.41, 5.74) is -1.51. The summed E-state index contributed by atoms with van der Waals surface area (Å²) < 4.78 is 218. The number of aromatic nitrogens is 6. The van der Waals surface area contributed by atoms with Crippen LogP contribution in [0.3, 0.4) is 0 Å². The molecule has 8 rings (SSSR count). The third-order valence-electron chi connectivity index (χ3n) is 10.9. The van der Waals surface area contributed by atoms with Gasteiger partial charge in [0.25, 0.3) is 60.7 Å². The first-order valence-corrected chi connectivity index (χ1v) is 30.4. The second kappa shape index (κ2) is 21.9. The Labute approximate surface area is 443 Å². The van der Waals surface area contributed by atoms with E-state index in [0.29, 0.717) is 12.1 Å². The van der Waals surface area contributed by atoms with Crippen molar-refractivity contribution in [1.29, 1.82) is 0 Å². The first-order chi connectivity index (χ1) is 36.4. The van der Waals surface area contributed by atoms with Crippen molar-refractivity contribution >= 4 is 131 Å². The minimum atomic E-state index is -5.15. The number of morpholine rings is 2. The van der Waals surface area contributed by atoms with Crippen LogP contribution in [0.15, 0.2) is 102 Å². The largest absolute Gasteiger partial charge is 0.378 e. The van der Waals surface area contributed by atoms with Crippen LogP contribution in [0.2, 0.25) is 0 Å². The smallest absolute Gasteiger partial charge is 0.296 e. The molecule has 38 heteroatoms. The minimum Gasteiger partial charge on any atom is -0.378 e. The molecule has 2 aromatic heterocycles. The van der Waals surface area contributed by atoms with Crippen LogP contribution >= 0.6 is 0 Å². The molecule has 0 aliphatic carbocycles.